The van der Waals surface area contributed by atoms with Crippen molar-refractivity contribution < 1.29 is 14.6 Å². The van der Waals surface area contributed by atoms with Gasteiger partial charge in [0.2, 0.25) is 0 Å². The first-order valence-corrected chi connectivity index (χ1v) is 7.92. The molecular formula is C13H21N3O3S. The van der Waals surface area contributed by atoms with E-state index in [0.29, 0.717) is 5.16 Å². The number of thioether (sulfide) groups is 1. The van der Waals surface area contributed by atoms with E-state index in [2.05, 4.69) is 28.6 Å². The Labute approximate surface area is 122 Å². The third-order valence-corrected chi connectivity index (χ3v) is 4.52. The van der Waals surface area contributed by atoms with Crippen LogP contribution in [0.5, 0.6) is 0 Å². The summed E-state index contributed by atoms with van der Waals surface area (Å²) in [5, 5.41) is 18.0. The minimum atomic E-state index is -0.835. The van der Waals surface area contributed by atoms with Gasteiger partial charge in [-0.25, -0.2) is 0 Å². The third-order valence-electron chi connectivity index (χ3n) is 3.61. The van der Waals surface area contributed by atoms with Crippen molar-refractivity contribution in [1.82, 2.24) is 14.8 Å². The molecule has 6 nitrogen and oxygen atoms in total. The number of carboxylic acid groups (broad SMARTS) is 1. The van der Waals surface area contributed by atoms with Crippen LogP contribution in [-0.2, 0) is 21.5 Å². The lowest BCUT2D eigenvalue weighted by Gasteiger charge is -2.36. The summed E-state index contributed by atoms with van der Waals surface area (Å²) >= 11 is 1.24. The summed E-state index contributed by atoms with van der Waals surface area (Å²) in [7, 11) is 0. The lowest BCUT2D eigenvalue weighted by molar-refractivity contribution is -0.133. The molecule has 0 aromatic carbocycles. The Morgan fingerprint density at radius 2 is 2.15 bits per heavy atom. The lowest BCUT2D eigenvalue weighted by atomic mass is 9.92. The number of carbonyl (C=O) groups is 1. The molecule has 112 valence electrons. The summed E-state index contributed by atoms with van der Waals surface area (Å²) in [6.07, 6.45) is 3.66. The van der Waals surface area contributed by atoms with Gasteiger partial charge in [-0.05, 0) is 26.2 Å². The second-order valence-corrected chi connectivity index (χ2v) is 6.22. The quantitative estimate of drug-likeness (QED) is 0.809. The van der Waals surface area contributed by atoms with Gasteiger partial charge < -0.3 is 9.84 Å². The third kappa shape index (κ3) is 3.32. The summed E-state index contributed by atoms with van der Waals surface area (Å²) in [5.41, 5.74) is -0.0763. The summed E-state index contributed by atoms with van der Waals surface area (Å²) in [6, 6.07) is 0. The average Bonchev–Trinajstić information content (AvgIpc) is 2.81. The predicted octanol–water partition coefficient (Wildman–Crippen LogP) is 1.93. The predicted molar refractivity (Wildman–Crippen MR) is 76.1 cm³/mol. The highest BCUT2D eigenvalue weighted by Gasteiger charge is 2.34. The van der Waals surface area contributed by atoms with Crippen LogP contribution < -0.4 is 0 Å². The van der Waals surface area contributed by atoms with Gasteiger partial charge in [0.1, 0.15) is 5.82 Å². The molecule has 0 amide bonds. The maximum Gasteiger partial charge on any atom is 0.313 e. The number of nitrogens with zero attached hydrogens (tertiary/aromatic N) is 3. The Bertz CT molecular complexity index is 469. The van der Waals surface area contributed by atoms with Gasteiger partial charge in [0.15, 0.2) is 5.16 Å². The topological polar surface area (TPSA) is 77.2 Å². The van der Waals surface area contributed by atoms with Crippen molar-refractivity contribution in [3.63, 3.8) is 0 Å². The molecule has 1 aliphatic rings. The first kappa shape index (κ1) is 15.3. The van der Waals surface area contributed by atoms with Crippen molar-refractivity contribution in [3.05, 3.63) is 5.82 Å². The van der Waals surface area contributed by atoms with Gasteiger partial charge in [0, 0.05) is 25.2 Å². The van der Waals surface area contributed by atoms with Crippen LogP contribution in [0.3, 0.4) is 0 Å². The number of hydrogen-bond acceptors (Lipinski definition) is 5. The fourth-order valence-corrected chi connectivity index (χ4v) is 3.29. The molecule has 1 saturated heterocycles. The highest BCUT2D eigenvalue weighted by Crippen LogP contribution is 2.34. The summed E-state index contributed by atoms with van der Waals surface area (Å²) in [4.78, 5) is 10.8. The summed E-state index contributed by atoms with van der Waals surface area (Å²) in [6.45, 7) is 5.74. The molecule has 1 aromatic rings. The van der Waals surface area contributed by atoms with Gasteiger partial charge >= 0.3 is 5.97 Å². The Morgan fingerprint density at radius 3 is 2.75 bits per heavy atom. The molecule has 2 rings (SSSR count). The molecule has 0 aliphatic carbocycles. The molecule has 1 aliphatic heterocycles. The molecule has 0 atom stereocenters. The van der Waals surface area contributed by atoms with Gasteiger partial charge in [0.25, 0.3) is 0 Å². The van der Waals surface area contributed by atoms with E-state index in [1.807, 2.05) is 0 Å². The minimum absolute atomic E-state index is 0.0108. The second-order valence-electron chi connectivity index (χ2n) is 5.28. The van der Waals surface area contributed by atoms with E-state index in [-0.39, 0.29) is 11.3 Å². The molecule has 1 N–H and O–H groups in total. The zero-order chi connectivity index (χ0) is 14.6. The van der Waals surface area contributed by atoms with Gasteiger partial charge in [0.05, 0.1) is 5.75 Å². The van der Waals surface area contributed by atoms with Gasteiger partial charge in [-0.2, -0.15) is 0 Å². The molecule has 1 fully saturated rings. The number of aromatic nitrogens is 3. The summed E-state index contributed by atoms with van der Waals surface area (Å²) in [5.74, 6) is 0.125. The van der Waals surface area contributed by atoms with E-state index in [4.69, 9.17) is 9.84 Å². The minimum Gasteiger partial charge on any atom is -0.481 e. The van der Waals surface area contributed by atoms with Gasteiger partial charge in [-0.15, -0.1) is 10.2 Å². The molecule has 7 heteroatoms. The maximum absolute atomic E-state index is 10.8. The maximum atomic E-state index is 10.8. The van der Waals surface area contributed by atoms with E-state index in [1.165, 1.54) is 11.8 Å². The van der Waals surface area contributed by atoms with Crippen LogP contribution in [0.2, 0.25) is 0 Å². The molecule has 0 unspecified atom stereocenters. The fraction of sp³-hybridized carbons (Fsp3) is 0.769. The lowest BCUT2D eigenvalue weighted by Crippen LogP contribution is -2.38. The van der Waals surface area contributed by atoms with Crippen LogP contribution in [0.15, 0.2) is 5.16 Å². The SMILES string of the molecule is CCCc1nnc(SCC(=O)O)n1C1(C)CCOCC1. The molecule has 0 saturated carbocycles. The van der Waals surface area contributed by atoms with Crippen LogP contribution in [0.4, 0.5) is 0 Å². The smallest absolute Gasteiger partial charge is 0.313 e. The zero-order valence-electron chi connectivity index (χ0n) is 12.0. The average molecular weight is 299 g/mol. The molecule has 1 aromatic heterocycles. The van der Waals surface area contributed by atoms with E-state index < -0.39 is 5.97 Å². The second kappa shape index (κ2) is 6.58. The van der Waals surface area contributed by atoms with Crippen LogP contribution in [-0.4, -0.2) is 44.8 Å². The van der Waals surface area contributed by atoms with Crippen molar-refractivity contribution in [2.24, 2.45) is 0 Å². The molecule has 0 radical (unpaired) electrons. The van der Waals surface area contributed by atoms with Gasteiger partial charge in [-0.1, -0.05) is 18.7 Å². The molecular weight excluding hydrogens is 278 g/mol. The number of hydrogen-bond donors (Lipinski definition) is 1. The van der Waals surface area contributed by atoms with Crippen LogP contribution in [0.25, 0.3) is 0 Å². The first-order chi connectivity index (χ1) is 9.57. The Morgan fingerprint density at radius 1 is 1.45 bits per heavy atom. The van der Waals surface area contributed by atoms with Crippen LogP contribution in [0, 0.1) is 0 Å². The van der Waals surface area contributed by atoms with Crippen molar-refractivity contribution in [3.8, 4) is 0 Å². The zero-order valence-corrected chi connectivity index (χ0v) is 12.8. The monoisotopic (exact) mass is 299 g/mol. The van der Waals surface area contributed by atoms with Crippen molar-refractivity contribution in [1.29, 1.82) is 0 Å². The number of aliphatic carboxylic acids is 1. The molecule has 0 bridgehead atoms. The number of rotatable bonds is 6. The number of aryl methyl sites for hydroxylation is 1. The molecule has 20 heavy (non-hydrogen) atoms. The fourth-order valence-electron chi connectivity index (χ4n) is 2.48. The van der Waals surface area contributed by atoms with E-state index in [1.54, 1.807) is 0 Å². The Balaban J connectivity index is 2.30. The largest absolute Gasteiger partial charge is 0.481 e. The Kier molecular flexibility index (Phi) is 5.04. The van der Waals surface area contributed by atoms with Crippen molar-refractivity contribution in [2.45, 2.75) is 50.2 Å². The normalized spacial score (nSPS) is 18.1. The van der Waals surface area contributed by atoms with Crippen LogP contribution >= 0.6 is 11.8 Å². The highest BCUT2D eigenvalue weighted by atomic mass is 32.2. The molecule has 0 spiro atoms. The standard InChI is InChI=1S/C13H21N3O3S/c1-3-4-10-14-15-12(20-9-11(17)18)16(10)13(2)5-7-19-8-6-13/h3-9H2,1-2H3,(H,17,18). The molecule has 2 heterocycles. The van der Waals surface area contributed by atoms with Gasteiger partial charge in [-0.3, -0.25) is 9.36 Å². The number of ether oxygens (including phenoxy) is 1. The first-order valence-electron chi connectivity index (χ1n) is 6.94. The van der Waals surface area contributed by atoms with Crippen molar-refractivity contribution >= 4 is 17.7 Å². The van der Waals surface area contributed by atoms with Crippen LogP contribution in [0.1, 0.15) is 38.9 Å². The number of carboxylic acids is 1. The van der Waals surface area contributed by atoms with E-state index >= 15 is 0 Å². The summed E-state index contributed by atoms with van der Waals surface area (Å²) < 4.78 is 7.59. The van der Waals surface area contributed by atoms with Crippen molar-refractivity contribution in [2.75, 3.05) is 19.0 Å². The van der Waals surface area contributed by atoms with E-state index in [9.17, 15) is 4.79 Å². The van der Waals surface area contributed by atoms with E-state index in [0.717, 1.165) is 44.7 Å². The Hall–Kier alpha value is -1.08. The highest BCUT2D eigenvalue weighted by molar-refractivity contribution is 7.99.